The highest BCUT2D eigenvalue weighted by molar-refractivity contribution is 6.05. The average Bonchev–Trinajstić information content (AvgIpc) is 3.61. The van der Waals surface area contributed by atoms with E-state index in [4.69, 9.17) is 9.72 Å². The predicted octanol–water partition coefficient (Wildman–Crippen LogP) is 8.33. The Kier molecular flexibility index (Phi) is 9.87. The highest BCUT2D eigenvalue weighted by Crippen LogP contribution is 2.36. The topological polar surface area (TPSA) is 99.9 Å². The number of anilines is 4. The number of likely N-dealkylation sites (tertiary alicyclic amines) is 1. The van der Waals surface area contributed by atoms with Gasteiger partial charge >= 0.3 is 0 Å². The molecule has 2 aliphatic rings. The number of carbonyl (C=O) groups is 1. The monoisotopic (exact) mass is 732 g/mol. The minimum Gasteiger partial charge on any atom is -0.494 e. The second-order valence-electron chi connectivity index (χ2n) is 13.6. The van der Waals surface area contributed by atoms with E-state index < -0.39 is 29.0 Å². The Morgan fingerprint density at radius 3 is 2.37 bits per heavy atom. The number of carbonyl (C=O) groups excluding carboxylic acids is 1. The Morgan fingerprint density at radius 1 is 0.833 bits per heavy atom. The van der Waals surface area contributed by atoms with Gasteiger partial charge in [0.1, 0.15) is 23.1 Å². The highest BCUT2D eigenvalue weighted by atomic mass is 19.1. The minimum absolute atomic E-state index is 0.0520. The summed E-state index contributed by atoms with van der Waals surface area (Å²) < 4.78 is 51.2. The van der Waals surface area contributed by atoms with Gasteiger partial charge in [-0.05, 0) is 93.4 Å². The van der Waals surface area contributed by atoms with Crippen molar-refractivity contribution in [2.24, 2.45) is 0 Å². The van der Waals surface area contributed by atoms with Gasteiger partial charge < -0.3 is 25.2 Å². The number of benzene rings is 3. The van der Waals surface area contributed by atoms with E-state index in [1.54, 1.807) is 48.2 Å². The smallest absolute Gasteiger partial charge is 0.255 e. The number of aromatic nitrogens is 4. The number of rotatable bonds is 9. The molecule has 0 spiro atoms. The lowest BCUT2D eigenvalue weighted by Crippen LogP contribution is -2.46. The normalized spacial score (nSPS) is 15.4. The van der Waals surface area contributed by atoms with Crippen LogP contribution in [0.1, 0.15) is 42.5 Å². The summed E-state index contributed by atoms with van der Waals surface area (Å²) in [6.07, 6.45) is 9.49. The number of ether oxygens (including phenoxy) is 1. The molecule has 2 aliphatic heterocycles. The zero-order valence-corrected chi connectivity index (χ0v) is 29.7. The van der Waals surface area contributed by atoms with Gasteiger partial charge in [-0.1, -0.05) is 24.6 Å². The average molecular weight is 733 g/mol. The van der Waals surface area contributed by atoms with Crippen molar-refractivity contribution in [2.75, 3.05) is 48.8 Å². The van der Waals surface area contributed by atoms with Crippen molar-refractivity contribution in [3.8, 4) is 28.4 Å². The molecule has 0 radical (unpaired) electrons. The Balaban J connectivity index is 1.06. The van der Waals surface area contributed by atoms with Crippen molar-refractivity contribution < 1.29 is 22.7 Å². The van der Waals surface area contributed by atoms with Gasteiger partial charge in [0.2, 0.25) is 5.95 Å². The van der Waals surface area contributed by atoms with Gasteiger partial charge in [0.25, 0.3) is 5.91 Å². The molecule has 0 unspecified atom stereocenters. The fourth-order valence-corrected chi connectivity index (χ4v) is 7.51. The summed E-state index contributed by atoms with van der Waals surface area (Å²) in [7, 11) is 1.63. The number of hydrogen-bond donors (Lipinski definition) is 2. The van der Waals surface area contributed by atoms with Crippen molar-refractivity contribution in [1.29, 1.82) is 0 Å². The van der Waals surface area contributed by atoms with E-state index in [1.165, 1.54) is 56.6 Å². The molecule has 13 heteroatoms. The summed E-state index contributed by atoms with van der Waals surface area (Å²) in [6, 6.07) is 21.0. The maximum Gasteiger partial charge on any atom is 0.255 e. The van der Waals surface area contributed by atoms with Crippen molar-refractivity contribution >= 4 is 34.6 Å². The maximum absolute atomic E-state index is 15.2. The number of hydrogen-bond acceptors (Lipinski definition) is 8. The molecule has 10 nitrogen and oxygen atoms in total. The number of para-hydroxylation sites is 1. The first-order chi connectivity index (χ1) is 26.4. The molecule has 0 saturated carbocycles. The maximum atomic E-state index is 15.2. The van der Waals surface area contributed by atoms with E-state index >= 15 is 4.39 Å². The van der Waals surface area contributed by atoms with E-state index in [1.807, 2.05) is 12.1 Å². The Bertz CT molecular complexity index is 2300. The highest BCUT2D eigenvalue weighted by Gasteiger charge is 2.26. The van der Waals surface area contributed by atoms with Crippen LogP contribution >= 0.6 is 0 Å². The number of nitrogens with one attached hydrogen (secondary N) is 2. The summed E-state index contributed by atoms with van der Waals surface area (Å²) in [5.74, 6) is -2.17. The van der Waals surface area contributed by atoms with Crippen LogP contribution in [0, 0.1) is 17.5 Å². The van der Waals surface area contributed by atoms with E-state index in [0.29, 0.717) is 40.1 Å². The van der Waals surface area contributed by atoms with Crippen molar-refractivity contribution in [2.45, 2.75) is 38.1 Å². The summed E-state index contributed by atoms with van der Waals surface area (Å²) in [6.45, 7) is 4.40. The van der Waals surface area contributed by atoms with Crippen LogP contribution in [-0.2, 0) is 0 Å². The van der Waals surface area contributed by atoms with Gasteiger partial charge in [-0.25, -0.2) is 28.1 Å². The van der Waals surface area contributed by atoms with Gasteiger partial charge in [-0.15, -0.1) is 0 Å². The molecule has 8 rings (SSSR count). The molecule has 1 amide bonds. The number of pyridine rings is 1. The van der Waals surface area contributed by atoms with Crippen molar-refractivity contribution in [3.05, 3.63) is 114 Å². The van der Waals surface area contributed by atoms with Crippen LogP contribution in [0.3, 0.4) is 0 Å². The fourth-order valence-electron chi connectivity index (χ4n) is 7.51. The lowest BCUT2D eigenvalue weighted by molar-refractivity contribution is 0.102. The van der Waals surface area contributed by atoms with Crippen LogP contribution in [0.4, 0.5) is 36.2 Å². The molecular formula is C41H39F3N8O2. The van der Waals surface area contributed by atoms with E-state index in [2.05, 4.69) is 36.5 Å². The molecule has 54 heavy (non-hydrogen) atoms. The zero-order chi connectivity index (χ0) is 37.2. The SMILES string of the molecule is COc1cc(N2CCC(N3CCCCC3)CC2)ccc1Nc1nccc(-c2c(-c3cccc(C(=O)Nc4c(F)cccc4F)c3)nc3c(F)cccn23)n1. The van der Waals surface area contributed by atoms with E-state index in [-0.39, 0.29) is 17.2 Å². The zero-order valence-electron chi connectivity index (χ0n) is 29.7. The largest absolute Gasteiger partial charge is 0.494 e. The van der Waals surface area contributed by atoms with Crippen LogP contribution in [0.25, 0.3) is 28.3 Å². The standard InChI is InChI=1S/C41H39F3N8O2/c1-54-35-25-29(51-22-16-28(17-23-51)50-19-3-2-4-20-50)13-14-33(35)46-41-45-18-15-34(47-41)38-36(48-39-32(44)12-7-21-52(38)39)26-8-5-9-27(24-26)40(53)49-37-30(42)10-6-11-31(37)43/h5-15,18,21,24-25,28H,2-4,16-17,19-20,22-23H2,1H3,(H,49,53)(H,45,46,47). The first kappa shape index (κ1) is 35.1. The number of halogens is 3. The van der Waals surface area contributed by atoms with E-state index in [9.17, 15) is 13.6 Å². The molecule has 5 heterocycles. The van der Waals surface area contributed by atoms with E-state index in [0.717, 1.165) is 43.8 Å². The Morgan fingerprint density at radius 2 is 1.59 bits per heavy atom. The molecule has 6 aromatic rings. The second kappa shape index (κ2) is 15.2. The molecule has 2 N–H and O–H groups in total. The van der Waals surface area contributed by atoms with Crippen LogP contribution < -0.4 is 20.3 Å². The van der Waals surface area contributed by atoms with Crippen molar-refractivity contribution in [1.82, 2.24) is 24.3 Å². The second-order valence-corrected chi connectivity index (χ2v) is 13.6. The van der Waals surface area contributed by atoms with Gasteiger partial charge in [-0.2, -0.15) is 0 Å². The van der Waals surface area contributed by atoms with Crippen LogP contribution in [0.5, 0.6) is 5.75 Å². The third-order valence-corrected chi connectivity index (χ3v) is 10.3. The number of methoxy groups -OCH3 is 1. The molecule has 2 saturated heterocycles. The fraction of sp³-hybridized carbons (Fsp3) is 0.268. The summed E-state index contributed by atoms with van der Waals surface area (Å²) in [5.41, 5.74) is 3.05. The van der Waals surface area contributed by atoms with Crippen LogP contribution in [0.2, 0.25) is 0 Å². The first-order valence-corrected chi connectivity index (χ1v) is 18.2. The lowest BCUT2D eigenvalue weighted by atomic mass is 9.99. The van der Waals surface area contributed by atoms with Crippen LogP contribution in [0.15, 0.2) is 91.3 Å². The minimum atomic E-state index is -0.900. The molecular weight excluding hydrogens is 693 g/mol. The summed E-state index contributed by atoms with van der Waals surface area (Å²) in [4.78, 5) is 32.1. The number of piperidine rings is 2. The van der Waals surface area contributed by atoms with Crippen LogP contribution in [-0.4, -0.2) is 69.5 Å². The molecule has 0 aliphatic carbocycles. The number of fused-ring (bicyclic) bond motifs is 1. The molecule has 3 aromatic heterocycles. The van der Waals surface area contributed by atoms with Gasteiger partial charge in [0, 0.05) is 54.4 Å². The number of amides is 1. The third kappa shape index (κ3) is 7.06. The first-order valence-electron chi connectivity index (χ1n) is 18.2. The van der Waals surface area contributed by atoms with Crippen molar-refractivity contribution in [3.63, 3.8) is 0 Å². The summed E-state index contributed by atoms with van der Waals surface area (Å²) in [5, 5.41) is 5.60. The van der Waals surface area contributed by atoms with Gasteiger partial charge in [0.05, 0.1) is 29.9 Å². The number of imidazole rings is 1. The quantitative estimate of drug-likeness (QED) is 0.153. The molecule has 0 bridgehead atoms. The molecule has 2 fully saturated rings. The summed E-state index contributed by atoms with van der Waals surface area (Å²) >= 11 is 0. The third-order valence-electron chi connectivity index (χ3n) is 10.3. The Hall–Kier alpha value is -5.95. The van der Waals surface area contributed by atoms with Gasteiger partial charge in [-0.3, -0.25) is 9.20 Å². The molecule has 276 valence electrons. The predicted molar refractivity (Wildman–Crippen MR) is 203 cm³/mol. The molecule has 0 atom stereocenters. The molecule has 3 aromatic carbocycles. The Labute approximate surface area is 310 Å². The lowest BCUT2D eigenvalue weighted by Gasteiger charge is -2.41. The number of nitrogens with zero attached hydrogens (tertiary/aromatic N) is 6. The van der Waals surface area contributed by atoms with Gasteiger partial charge in [0.15, 0.2) is 11.5 Å².